The van der Waals surface area contributed by atoms with Crippen molar-refractivity contribution in [2.75, 3.05) is 26.2 Å². The number of pyridine rings is 2. The van der Waals surface area contributed by atoms with Gasteiger partial charge in [0.2, 0.25) is 0 Å². The molecule has 8 aliphatic rings. The number of nitrogens with zero attached hydrogens (tertiary/aromatic N) is 6. The average Bonchev–Trinajstić information content (AvgIpc) is 4.57. The van der Waals surface area contributed by atoms with Gasteiger partial charge >= 0.3 is 0 Å². The molecular formula is C72H76N10O. The number of aromatic nitrogens is 2. The SMILES string of the molecule is CC1=NC[C@@]2(CCc3c(cccc3-c3ccccc3)C2)N1.CC1=NC[C@@]2(CCc3c(cccc3-c3cccnc3)C2)N1.CC1=NC[C@@]2(CCc3c(cccc3-c3ccncc3)C2)N1.CC1=NC[C@@]2(CCc3c(cccc3-c3ccoc3)C2)N1. The third-order valence-electron chi connectivity index (χ3n) is 18.8. The van der Waals surface area contributed by atoms with Crippen molar-refractivity contribution in [2.24, 2.45) is 20.0 Å². The lowest BCUT2D eigenvalue weighted by atomic mass is 9.76. The lowest BCUT2D eigenvalue weighted by Gasteiger charge is -2.35. The van der Waals surface area contributed by atoms with Crippen LogP contribution in [0.3, 0.4) is 0 Å². The zero-order valence-corrected chi connectivity index (χ0v) is 48.6. The lowest BCUT2D eigenvalue weighted by molar-refractivity contribution is 0.362. The fourth-order valence-electron chi connectivity index (χ4n) is 14.7. The normalized spacial score (nSPS) is 23.8. The molecule has 4 N–H and O–H groups in total. The molecular weight excluding hydrogens is 1020 g/mol. The van der Waals surface area contributed by atoms with Gasteiger partial charge in [-0.05, 0) is 207 Å². The van der Waals surface area contributed by atoms with Crippen molar-refractivity contribution in [3.63, 3.8) is 0 Å². The Bertz CT molecular complexity index is 3480. The minimum Gasteiger partial charge on any atom is -0.472 e. The number of rotatable bonds is 4. The summed E-state index contributed by atoms with van der Waals surface area (Å²) in [4.78, 5) is 26.6. The van der Waals surface area contributed by atoms with Crippen molar-refractivity contribution in [2.45, 2.75) is 127 Å². The molecule has 83 heavy (non-hydrogen) atoms. The summed E-state index contributed by atoms with van der Waals surface area (Å²) >= 11 is 0. The van der Waals surface area contributed by atoms with E-state index in [1.165, 1.54) is 95.4 Å². The van der Waals surface area contributed by atoms with Gasteiger partial charge in [-0.25, -0.2) is 0 Å². The van der Waals surface area contributed by atoms with E-state index in [9.17, 15) is 0 Å². The number of aliphatic imine (C=N–C) groups is 4. The number of furan rings is 1. The van der Waals surface area contributed by atoms with E-state index in [1.807, 2.05) is 43.2 Å². The minimum atomic E-state index is 0.157. The van der Waals surface area contributed by atoms with Crippen LogP contribution in [0.4, 0.5) is 0 Å². The Kier molecular flexibility index (Phi) is 14.7. The number of fused-ring (bicyclic) bond motifs is 4. The van der Waals surface area contributed by atoms with Gasteiger partial charge < -0.3 is 25.7 Å². The quantitative estimate of drug-likeness (QED) is 0.138. The van der Waals surface area contributed by atoms with Crippen LogP contribution in [0.15, 0.2) is 195 Å². The first-order chi connectivity index (χ1) is 40.5. The third kappa shape index (κ3) is 11.3. The van der Waals surface area contributed by atoms with Crippen LogP contribution in [0.1, 0.15) is 97.9 Å². The highest BCUT2D eigenvalue weighted by Crippen LogP contribution is 2.41. The summed E-state index contributed by atoms with van der Waals surface area (Å²) in [5.74, 6) is 4.35. The highest BCUT2D eigenvalue weighted by Gasteiger charge is 2.41. The molecule has 11 heteroatoms. The van der Waals surface area contributed by atoms with Gasteiger partial charge in [0.25, 0.3) is 0 Å². The van der Waals surface area contributed by atoms with E-state index in [4.69, 9.17) is 4.42 Å². The fraction of sp³-hybridized carbons (Fsp3) is 0.333. The maximum absolute atomic E-state index is 5.24. The highest BCUT2D eigenvalue weighted by atomic mass is 16.3. The molecule has 4 spiro atoms. The van der Waals surface area contributed by atoms with E-state index < -0.39 is 0 Å². The zero-order valence-electron chi connectivity index (χ0n) is 48.6. The molecule has 4 atom stereocenters. The molecule has 16 rings (SSSR count). The molecule has 420 valence electrons. The van der Waals surface area contributed by atoms with E-state index >= 15 is 0 Å². The summed E-state index contributed by atoms with van der Waals surface area (Å²) in [5.41, 5.74) is 22.9. The van der Waals surface area contributed by atoms with Crippen LogP contribution in [0.5, 0.6) is 0 Å². The van der Waals surface area contributed by atoms with Gasteiger partial charge in [-0.2, -0.15) is 0 Å². The van der Waals surface area contributed by atoms with Crippen LogP contribution in [-0.2, 0) is 51.4 Å². The molecule has 8 aromatic rings. The van der Waals surface area contributed by atoms with Crippen molar-refractivity contribution in [1.82, 2.24) is 31.2 Å². The van der Waals surface area contributed by atoms with Crippen LogP contribution in [-0.4, -0.2) is 81.6 Å². The molecule has 0 saturated heterocycles. The summed E-state index contributed by atoms with van der Waals surface area (Å²) < 4.78 is 5.24. The number of hydrogen-bond donors (Lipinski definition) is 4. The molecule has 0 radical (unpaired) electrons. The summed E-state index contributed by atoms with van der Waals surface area (Å²) in [6.07, 6.45) is 24.5. The first-order valence-corrected chi connectivity index (χ1v) is 30.0. The second-order valence-corrected chi connectivity index (χ2v) is 24.6. The van der Waals surface area contributed by atoms with Crippen molar-refractivity contribution in [1.29, 1.82) is 0 Å². The number of benzene rings is 5. The summed E-state index contributed by atoms with van der Waals surface area (Å²) in [7, 11) is 0. The first-order valence-electron chi connectivity index (χ1n) is 30.0. The second kappa shape index (κ2) is 22.7. The van der Waals surface area contributed by atoms with E-state index in [1.54, 1.807) is 6.26 Å². The Balaban J connectivity index is 0.000000104. The molecule has 0 amide bonds. The average molecular weight is 1100 g/mol. The maximum atomic E-state index is 5.24. The molecule has 0 unspecified atom stereocenters. The van der Waals surface area contributed by atoms with Crippen molar-refractivity contribution in [3.05, 3.63) is 215 Å². The van der Waals surface area contributed by atoms with Gasteiger partial charge in [-0.1, -0.05) is 109 Å². The van der Waals surface area contributed by atoms with E-state index in [2.05, 4.69) is 200 Å². The van der Waals surface area contributed by atoms with Crippen LogP contribution in [0.2, 0.25) is 0 Å². The molecule has 4 aliphatic heterocycles. The van der Waals surface area contributed by atoms with Crippen LogP contribution >= 0.6 is 0 Å². The fourth-order valence-corrected chi connectivity index (χ4v) is 14.7. The molecule has 3 aromatic heterocycles. The first kappa shape index (κ1) is 53.8. The standard InChI is InChI=1S/C19H20N2.2C18H19N3.C17H18N2O/c1-14-20-13-19(21-14)11-10-18-16(12-19)8-5-9-17(18)15-6-3-2-4-7-15;1-13-20-12-18(21-13)8-7-17-14(10-18)4-2-6-16(17)15-5-3-9-19-11-15;1-13-20-12-18(21-13)8-5-17-15(11-18)3-2-4-16(17)14-6-9-19-10-7-14;1-12-18-11-17(19-12)7-5-16-13(9-17)3-2-4-15(16)14-6-8-20-10-14/h2-9H,10-13H2,1H3,(H,20,21);2-6,9,11H,7-8,10,12H2,1H3,(H,20,21);2-4,6-7,9-10H,5,8,11-12H2,1H3,(H,20,21);2-4,6,8,10H,5,7,9,11H2,1H3,(H,18,19)/t19-;2*18-;17-/m0000/s1. The number of amidine groups is 4. The van der Waals surface area contributed by atoms with Gasteiger partial charge in [-0.3, -0.25) is 29.9 Å². The molecule has 4 aliphatic carbocycles. The lowest BCUT2D eigenvalue weighted by Crippen LogP contribution is -2.49. The largest absolute Gasteiger partial charge is 0.472 e. The molecule has 0 fully saturated rings. The van der Waals surface area contributed by atoms with Crippen LogP contribution < -0.4 is 21.3 Å². The van der Waals surface area contributed by atoms with Gasteiger partial charge in [-0.15, -0.1) is 0 Å². The third-order valence-corrected chi connectivity index (χ3v) is 18.8. The van der Waals surface area contributed by atoms with E-state index in [-0.39, 0.29) is 22.2 Å². The Morgan fingerprint density at radius 1 is 0.349 bits per heavy atom. The predicted octanol–water partition coefficient (Wildman–Crippen LogP) is 12.8. The van der Waals surface area contributed by atoms with Crippen LogP contribution in [0.25, 0.3) is 44.5 Å². The van der Waals surface area contributed by atoms with Crippen molar-refractivity contribution in [3.8, 4) is 44.5 Å². The van der Waals surface area contributed by atoms with Gasteiger partial charge in [0.15, 0.2) is 0 Å². The Hall–Kier alpha value is -8.44. The smallest absolute Gasteiger partial charge is 0.0981 e. The topological polar surface area (TPSA) is 136 Å². The van der Waals surface area contributed by atoms with Gasteiger partial charge in [0.1, 0.15) is 0 Å². The molecule has 0 bridgehead atoms. The Morgan fingerprint density at radius 2 is 0.723 bits per heavy atom. The Labute approximate surface area is 489 Å². The second-order valence-electron chi connectivity index (χ2n) is 24.6. The number of hydrogen-bond acceptors (Lipinski definition) is 11. The molecule has 5 aromatic carbocycles. The molecule has 7 heterocycles. The highest BCUT2D eigenvalue weighted by molar-refractivity contribution is 5.85. The van der Waals surface area contributed by atoms with E-state index in [0.717, 1.165) is 120 Å². The maximum Gasteiger partial charge on any atom is 0.0981 e. The Morgan fingerprint density at radius 3 is 1.07 bits per heavy atom. The van der Waals surface area contributed by atoms with Gasteiger partial charge in [0, 0.05) is 35.9 Å². The zero-order chi connectivity index (χ0) is 56.4. The van der Waals surface area contributed by atoms with Crippen LogP contribution in [0, 0.1) is 0 Å². The van der Waals surface area contributed by atoms with Crippen molar-refractivity contribution < 1.29 is 4.42 Å². The monoisotopic (exact) mass is 1100 g/mol. The van der Waals surface area contributed by atoms with E-state index in [0.29, 0.717) is 0 Å². The van der Waals surface area contributed by atoms with Crippen molar-refractivity contribution >= 4 is 23.3 Å². The summed E-state index contributed by atoms with van der Waals surface area (Å²) in [6, 6.07) is 47.8. The minimum absolute atomic E-state index is 0.157. The molecule has 0 saturated carbocycles. The summed E-state index contributed by atoms with van der Waals surface area (Å²) in [6.45, 7) is 11.9. The summed E-state index contributed by atoms with van der Waals surface area (Å²) in [5, 5.41) is 14.4. The predicted molar refractivity (Wildman–Crippen MR) is 339 cm³/mol. The number of nitrogens with one attached hydrogen (secondary N) is 4. The molecule has 11 nitrogen and oxygen atoms in total. The van der Waals surface area contributed by atoms with Gasteiger partial charge in [0.05, 0.1) is 84.2 Å².